The van der Waals surface area contributed by atoms with Crippen LogP contribution >= 0.6 is 15.9 Å². The van der Waals surface area contributed by atoms with Gasteiger partial charge in [-0.25, -0.2) is 4.98 Å². The number of nitrogens with one attached hydrogen (secondary N) is 1. The fraction of sp³-hybridized carbons (Fsp3) is 0.182. The minimum Gasteiger partial charge on any atom is -0.324 e. The number of anilines is 2. The van der Waals surface area contributed by atoms with E-state index in [4.69, 9.17) is 4.98 Å². The molecule has 28 heavy (non-hydrogen) atoms. The smallest absolute Gasteiger partial charge is 0.229 e. The number of hydrogen-bond donors (Lipinski definition) is 1. The van der Waals surface area contributed by atoms with Crippen LogP contribution in [0, 0.1) is 0 Å². The number of aromatic nitrogens is 3. The van der Waals surface area contributed by atoms with Crippen LogP contribution in [-0.2, 0) is 13.0 Å². The first-order valence-electron chi connectivity index (χ1n) is 9.33. The molecule has 6 heteroatoms. The number of hydrogen-bond acceptors (Lipinski definition) is 4. The molecule has 1 aliphatic rings. The highest BCUT2D eigenvalue weighted by atomic mass is 79.9. The van der Waals surface area contributed by atoms with Gasteiger partial charge in [0.25, 0.3) is 0 Å². The molecule has 1 N–H and O–H groups in total. The maximum absolute atomic E-state index is 4.78. The molecular formula is C22H20BrN5. The minimum absolute atomic E-state index is 0.603. The second-order valence-electron chi connectivity index (χ2n) is 7.23. The van der Waals surface area contributed by atoms with E-state index < -0.39 is 0 Å². The van der Waals surface area contributed by atoms with Crippen LogP contribution in [0.3, 0.4) is 0 Å². The van der Waals surface area contributed by atoms with Crippen molar-refractivity contribution in [1.29, 1.82) is 0 Å². The molecule has 0 bridgehead atoms. The summed E-state index contributed by atoms with van der Waals surface area (Å²) in [6.45, 7) is 2.10. The van der Waals surface area contributed by atoms with Gasteiger partial charge in [0, 0.05) is 46.7 Å². The lowest BCUT2D eigenvalue weighted by Crippen LogP contribution is -2.26. The van der Waals surface area contributed by atoms with Crippen molar-refractivity contribution in [3.05, 3.63) is 76.5 Å². The van der Waals surface area contributed by atoms with Gasteiger partial charge in [-0.2, -0.15) is 4.98 Å². The molecule has 0 saturated heterocycles. The lowest BCUT2D eigenvalue weighted by Gasteiger charge is -2.25. The molecule has 0 fully saturated rings. The molecule has 1 aliphatic heterocycles. The Hall–Kier alpha value is -2.70. The van der Waals surface area contributed by atoms with Crippen LogP contribution in [0.5, 0.6) is 0 Å². The van der Waals surface area contributed by atoms with Gasteiger partial charge in [-0.15, -0.1) is 0 Å². The van der Waals surface area contributed by atoms with Crippen molar-refractivity contribution in [3.8, 4) is 5.69 Å². The van der Waals surface area contributed by atoms with E-state index in [0.29, 0.717) is 5.95 Å². The molecule has 4 aromatic rings. The Balaban J connectivity index is 1.49. The van der Waals surface area contributed by atoms with Crippen LogP contribution in [0.25, 0.3) is 16.7 Å². The number of nitrogens with zero attached hydrogens (tertiary/aromatic N) is 4. The largest absolute Gasteiger partial charge is 0.324 e. The van der Waals surface area contributed by atoms with Gasteiger partial charge in [0.05, 0.1) is 0 Å². The van der Waals surface area contributed by atoms with Crippen molar-refractivity contribution in [3.63, 3.8) is 0 Å². The lowest BCUT2D eigenvalue weighted by molar-refractivity contribution is 0.313. The molecule has 0 aliphatic carbocycles. The zero-order valence-corrected chi connectivity index (χ0v) is 17.1. The fourth-order valence-corrected chi connectivity index (χ4v) is 4.10. The summed E-state index contributed by atoms with van der Waals surface area (Å²) in [5, 5.41) is 4.39. The first-order valence-corrected chi connectivity index (χ1v) is 10.1. The molecule has 0 unspecified atom stereocenters. The van der Waals surface area contributed by atoms with Gasteiger partial charge in [-0.1, -0.05) is 28.1 Å². The Morgan fingerprint density at radius 1 is 1.07 bits per heavy atom. The molecule has 140 valence electrons. The molecule has 5 nitrogen and oxygen atoms in total. The summed E-state index contributed by atoms with van der Waals surface area (Å²) in [5.74, 6) is 0.603. The van der Waals surface area contributed by atoms with Crippen molar-refractivity contribution < 1.29 is 0 Å². The summed E-state index contributed by atoms with van der Waals surface area (Å²) in [5.41, 5.74) is 5.77. The van der Waals surface area contributed by atoms with Gasteiger partial charge in [0.2, 0.25) is 5.95 Å². The van der Waals surface area contributed by atoms with E-state index in [1.54, 1.807) is 0 Å². The summed E-state index contributed by atoms with van der Waals surface area (Å²) in [7, 11) is 2.16. The molecule has 0 spiro atoms. The number of fused-ring (bicyclic) bond motifs is 2. The average molecular weight is 434 g/mol. The molecule has 5 rings (SSSR count). The second-order valence-corrected chi connectivity index (χ2v) is 8.15. The molecule has 3 heterocycles. The van der Waals surface area contributed by atoms with E-state index in [9.17, 15) is 0 Å². The zero-order valence-electron chi connectivity index (χ0n) is 15.6. The van der Waals surface area contributed by atoms with Gasteiger partial charge in [-0.05, 0) is 61.0 Å². The third-order valence-corrected chi connectivity index (χ3v) is 5.67. The third-order valence-electron chi connectivity index (χ3n) is 5.18. The summed E-state index contributed by atoms with van der Waals surface area (Å²) in [6.07, 6.45) is 5.00. The van der Waals surface area contributed by atoms with E-state index in [1.165, 1.54) is 11.1 Å². The monoisotopic (exact) mass is 433 g/mol. The van der Waals surface area contributed by atoms with E-state index in [-0.39, 0.29) is 0 Å². The molecule has 2 aromatic heterocycles. The van der Waals surface area contributed by atoms with Gasteiger partial charge in [0.15, 0.2) is 0 Å². The van der Waals surface area contributed by atoms with E-state index in [1.807, 2.05) is 30.6 Å². The van der Waals surface area contributed by atoms with Crippen LogP contribution in [0.1, 0.15) is 11.1 Å². The Morgan fingerprint density at radius 2 is 2.00 bits per heavy atom. The summed E-state index contributed by atoms with van der Waals surface area (Å²) >= 11 is 3.54. The highest BCUT2D eigenvalue weighted by molar-refractivity contribution is 9.10. The fourth-order valence-electron chi connectivity index (χ4n) is 3.72. The molecule has 0 radical (unpaired) electrons. The number of halogens is 1. The first kappa shape index (κ1) is 17.4. The number of rotatable bonds is 3. The van der Waals surface area contributed by atoms with Gasteiger partial charge < -0.3 is 14.8 Å². The molecule has 0 saturated carbocycles. The second kappa shape index (κ2) is 7.04. The number of benzene rings is 2. The maximum Gasteiger partial charge on any atom is 0.229 e. The first-order chi connectivity index (χ1) is 13.7. The van der Waals surface area contributed by atoms with Crippen LogP contribution in [0.2, 0.25) is 0 Å². The summed E-state index contributed by atoms with van der Waals surface area (Å²) in [6, 6.07) is 16.8. The Bertz CT molecular complexity index is 1170. The predicted octanol–water partition coefficient (Wildman–Crippen LogP) is 4.91. The molecule has 0 atom stereocenters. The van der Waals surface area contributed by atoms with Crippen molar-refractivity contribution in [1.82, 2.24) is 19.4 Å². The number of likely N-dealkylation sites (N-methyl/N-ethyl adjacent to an activating group) is 1. The van der Waals surface area contributed by atoms with Crippen LogP contribution in [0.15, 0.2) is 65.4 Å². The average Bonchev–Trinajstić information content (AvgIpc) is 3.11. The van der Waals surface area contributed by atoms with Crippen molar-refractivity contribution in [2.75, 3.05) is 18.9 Å². The summed E-state index contributed by atoms with van der Waals surface area (Å²) < 4.78 is 3.12. The Morgan fingerprint density at radius 3 is 2.89 bits per heavy atom. The Labute approximate surface area is 172 Å². The van der Waals surface area contributed by atoms with Crippen LogP contribution < -0.4 is 5.32 Å². The normalized spacial score (nSPS) is 14.2. The molecular weight excluding hydrogens is 414 g/mol. The minimum atomic E-state index is 0.603. The van der Waals surface area contributed by atoms with Gasteiger partial charge in [-0.3, -0.25) is 0 Å². The highest BCUT2D eigenvalue weighted by Crippen LogP contribution is 2.25. The summed E-state index contributed by atoms with van der Waals surface area (Å²) in [4.78, 5) is 11.6. The third kappa shape index (κ3) is 3.30. The quantitative estimate of drug-likeness (QED) is 0.498. The van der Waals surface area contributed by atoms with E-state index >= 15 is 0 Å². The zero-order chi connectivity index (χ0) is 19.1. The van der Waals surface area contributed by atoms with Gasteiger partial charge in [0.1, 0.15) is 5.65 Å². The van der Waals surface area contributed by atoms with Gasteiger partial charge >= 0.3 is 0 Å². The standard InChI is InChI=1S/C22H20BrN5/c1-27-9-7-15-5-6-19(11-17(15)14-27)25-22-24-13-16-8-10-28(21(16)26-22)20-4-2-3-18(23)12-20/h2-6,8,10-13H,7,9,14H2,1H3,(H,24,25,26). The topological polar surface area (TPSA) is 46.0 Å². The maximum atomic E-state index is 4.78. The lowest BCUT2D eigenvalue weighted by atomic mass is 9.99. The van der Waals surface area contributed by atoms with Crippen molar-refractivity contribution >= 4 is 38.6 Å². The van der Waals surface area contributed by atoms with Crippen molar-refractivity contribution in [2.24, 2.45) is 0 Å². The molecule has 2 aromatic carbocycles. The van der Waals surface area contributed by atoms with Crippen LogP contribution in [-0.4, -0.2) is 33.0 Å². The van der Waals surface area contributed by atoms with Crippen molar-refractivity contribution in [2.45, 2.75) is 13.0 Å². The van der Waals surface area contributed by atoms with E-state index in [2.05, 4.69) is 73.1 Å². The molecule has 0 amide bonds. The predicted molar refractivity (Wildman–Crippen MR) is 116 cm³/mol. The SMILES string of the molecule is CN1CCc2ccc(Nc3ncc4ccn(-c5cccc(Br)c5)c4n3)cc2C1. The Kier molecular flexibility index (Phi) is 4.37. The van der Waals surface area contributed by atoms with E-state index in [0.717, 1.165) is 46.4 Å². The highest BCUT2D eigenvalue weighted by Gasteiger charge is 2.14. The van der Waals surface area contributed by atoms with Crippen LogP contribution in [0.4, 0.5) is 11.6 Å².